The highest BCUT2D eigenvalue weighted by atomic mass is 16.1. The van der Waals surface area contributed by atoms with Gasteiger partial charge in [0.15, 0.2) is 0 Å². The Kier molecular flexibility index (Phi) is 3.62. The molecule has 1 amide bonds. The second-order valence-corrected chi connectivity index (χ2v) is 4.12. The monoisotopic (exact) mass is 244 g/mol. The van der Waals surface area contributed by atoms with Crippen molar-refractivity contribution in [2.45, 2.75) is 19.9 Å². The molecule has 0 saturated carbocycles. The SMILES string of the molecule is Cc1c(N)cccc1NC(=O)CCn1ccnc1. The van der Waals surface area contributed by atoms with Gasteiger partial charge in [0.25, 0.3) is 0 Å². The minimum atomic E-state index is -0.0302. The van der Waals surface area contributed by atoms with Crippen LogP contribution >= 0.6 is 0 Å². The van der Waals surface area contributed by atoms with E-state index in [2.05, 4.69) is 10.3 Å². The summed E-state index contributed by atoms with van der Waals surface area (Å²) in [6, 6.07) is 5.49. The van der Waals surface area contributed by atoms with Crippen molar-refractivity contribution in [1.29, 1.82) is 0 Å². The van der Waals surface area contributed by atoms with Gasteiger partial charge >= 0.3 is 0 Å². The third kappa shape index (κ3) is 2.88. The third-order valence-electron chi connectivity index (χ3n) is 2.81. The summed E-state index contributed by atoms with van der Waals surface area (Å²) in [5.74, 6) is -0.0302. The zero-order valence-corrected chi connectivity index (χ0v) is 10.3. The number of carbonyl (C=O) groups is 1. The van der Waals surface area contributed by atoms with E-state index in [1.165, 1.54) is 0 Å². The molecule has 18 heavy (non-hydrogen) atoms. The van der Waals surface area contributed by atoms with Gasteiger partial charge in [-0.05, 0) is 24.6 Å². The molecule has 5 nitrogen and oxygen atoms in total. The quantitative estimate of drug-likeness (QED) is 0.805. The van der Waals surface area contributed by atoms with Gasteiger partial charge in [-0.1, -0.05) is 6.07 Å². The first-order valence-electron chi connectivity index (χ1n) is 5.77. The molecule has 3 N–H and O–H groups in total. The molecule has 0 aliphatic heterocycles. The number of hydrogen-bond acceptors (Lipinski definition) is 3. The fraction of sp³-hybridized carbons (Fsp3) is 0.231. The van der Waals surface area contributed by atoms with Crippen LogP contribution in [0.3, 0.4) is 0 Å². The normalized spacial score (nSPS) is 10.3. The second-order valence-electron chi connectivity index (χ2n) is 4.12. The number of rotatable bonds is 4. The summed E-state index contributed by atoms with van der Waals surface area (Å²) in [4.78, 5) is 15.7. The number of nitrogens with zero attached hydrogens (tertiary/aromatic N) is 2. The van der Waals surface area contributed by atoms with Gasteiger partial charge < -0.3 is 15.6 Å². The van der Waals surface area contributed by atoms with Crippen LogP contribution in [0, 0.1) is 6.92 Å². The van der Waals surface area contributed by atoms with Crippen molar-refractivity contribution in [1.82, 2.24) is 9.55 Å². The van der Waals surface area contributed by atoms with E-state index in [-0.39, 0.29) is 5.91 Å². The molecule has 0 saturated heterocycles. The standard InChI is InChI=1S/C13H16N4O/c1-10-11(14)3-2-4-12(10)16-13(18)5-7-17-8-6-15-9-17/h2-4,6,8-9H,5,7,14H2,1H3,(H,16,18). The Morgan fingerprint density at radius 1 is 1.50 bits per heavy atom. The van der Waals surface area contributed by atoms with Crippen LogP contribution in [0.4, 0.5) is 11.4 Å². The first-order valence-corrected chi connectivity index (χ1v) is 5.77. The smallest absolute Gasteiger partial charge is 0.226 e. The van der Waals surface area contributed by atoms with Gasteiger partial charge in [-0.25, -0.2) is 4.98 Å². The van der Waals surface area contributed by atoms with Gasteiger partial charge in [-0.3, -0.25) is 4.79 Å². The van der Waals surface area contributed by atoms with E-state index in [0.29, 0.717) is 18.7 Å². The van der Waals surface area contributed by atoms with Crippen LogP contribution in [0.15, 0.2) is 36.9 Å². The van der Waals surface area contributed by atoms with Crippen LogP contribution in [0.25, 0.3) is 0 Å². The molecule has 5 heteroatoms. The first kappa shape index (κ1) is 12.2. The first-order chi connectivity index (χ1) is 8.66. The van der Waals surface area contributed by atoms with Gasteiger partial charge in [0.2, 0.25) is 5.91 Å². The van der Waals surface area contributed by atoms with Crippen molar-refractivity contribution in [2.24, 2.45) is 0 Å². The van der Waals surface area contributed by atoms with Crippen molar-refractivity contribution in [3.8, 4) is 0 Å². The summed E-state index contributed by atoms with van der Waals surface area (Å²) >= 11 is 0. The Balaban J connectivity index is 1.93. The highest BCUT2D eigenvalue weighted by molar-refractivity contribution is 5.92. The van der Waals surface area contributed by atoms with Gasteiger partial charge in [-0.2, -0.15) is 0 Å². The van der Waals surface area contributed by atoms with Gasteiger partial charge in [-0.15, -0.1) is 0 Å². The van der Waals surface area contributed by atoms with Crippen molar-refractivity contribution in [2.75, 3.05) is 11.1 Å². The average molecular weight is 244 g/mol. The largest absolute Gasteiger partial charge is 0.398 e. The molecule has 0 aliphatic carbocycles. The summed E-state index contributed by atoms with van der Waals surface area (Å²) in [5, 5.41) is 2.86. The van der Waals surface area contributed by atoms with Crippen LogP contribution in [0.5, 0.6) is 0 Å². The van der Waals surface area contributed by atoms with Gasteiger partial charge in [0.05, 0.1) is 6.33 Å². The van der Waals surface area contributed by atoms with Crippen LogP contribution < -0.4 is 11.1 Å². The zero-order chi connectivity index (χ0) is 13.0. The molecule has 1 aromatic carbocycles. The number of carbonyl (C=O) groups excluding carboxylic acids is 1. The number of benzene rings is 1. The molecule has 0 atom stereocenters. The Hall–Kier alpha value is -2.30. The minimum absolute atomic E-state index is 0.0302. The molecule has 2 rings (SSSR count). The van der Waals surface area contributed by atoms with Crippen molar-refractivity contribution < 1.29 is 4.79 Å². The fourth-order valence-electron chi connectivity index (χ4n) is 1.65. The number of hydrogen-bond donors (Lipinski definition) is 2. The van der Waals surface area contributed by atoms with E-state index in [9.17, 15) is 4.79 Å². The maximum atomic E-state index is 11.8. The molecule has 94 valence electrons. The number of nitrogen functional groups attached to an aromatic ring is 1. The van der Waals surface area contributed by atoms with E-state index in [0.717, 1.165) is 11.3 Å². The number of amides is 1. The molecule has 0 spiro atoms. The molecule has 0 unspecified atom stereocenters. The molecule has 0 radical (unpaired) electrons. The lowest BCUT2D eigenvalue weighted by Gasteiger charge is -2.10. The van der Waals surface area contributed by atoms with Crippen molar-refractivity contribution in [3.05, 3.63) is 42.5 Å². The fourth-order valence-corrected chi connectivity index (χ4v) is 1.65. The van der Waals surface area contributed by atoms with Crippen molar-refractivity contribution >= 4 is 17.3 Å². The number of nitrogens with two attached hydrogens (primary N) is 1. The molecule has 0 fully saturated rings. The molecule has 2 aromatic rings. The Labute approximate surface area is 106 Å². The minimum Gasteiger partial charge on any atom is -0.398 e. The van der Waals surface area contributed by atoms with Crippen LogP contribution in [-0.4, -0.2) is 15.5 Å². The van der Waals surface area contributed by atoms with Crippen LogP contribution in [0.2, 0.25) is 0 Å². The Bertz CT molecular complexity index is 534. The maximum absolute atomic E-state index is 11.8. The Morgan fingerprint density at radius 3 is 3.06 bits per heavy atom. The highest BCUT2D eigenvalue weighted by Gasteiger charge is 2.06. The van der Waals surface area contributed by atoms with Crippen LogP contribution in [-0.2, 0) is 11.3 Å². The zero-order valence-electron chi connectivity index (χ0n) is 10.3. The molecule has 1 aromatic heterocycles. The lowest BCUT2D eigenvalue weighted by atomic mass is 10.1. The maximum Gasteiger partial charge on any atom is 0.226 e. The predicted octanol–water partition coefficient (Wildman–Crippen LogP) is 1.80. The summed E-state index contributed by atoms with van der Waals surface area (Å²) < 4.78 is 1.87. The second kappa shape index (κ2) is 5.35. The van der Waals surface area contributed by atoms with Gasteiger partial charge in [0, 0.05) is 36.7 Å². The topological polar surface area (TPSA) is 72.9 Å². The van der Waals surface area contributed by atoms with Gasteiger partial charge in [0.1, 0.15) is 0 Å². The van der Waals surface area contributed by atoms with E-state index in [4.69, 9.17) is 5.73 Å². The highest BCUT2D eigenvalue weighted by Crippen LogP contribution is 2.20. The molecular formula is C13H16N4O. The van der Waals surface area contributed by atoms with E-state index in [1.807, 2.05) is 35.9 Å². The lowest BCUT2D eigenvalue weighted by molar-refractivity contribution is -0.116. The summed E-state index contributed by atoms with van der Waals surface area (Å²) in [6.07, 6.45) is 5.63. The van der Waals surface area contributed by atoms with Crippen molar-refractivity contribution in [3.63, 3.8) is 0 Å². The summed E-state index contributed by atoms with van der Waals surface area (Å²) in [7, 11) is 0. The number of aryl methyl sites for hydroxylation is 1. The van der Waals surface area contributed by atoms with E-state index in [1.54, 1.807) is 12.5 Å². The molecule has 0 aliphatic rings. The molecule has 1 heterocycles. The predicted molar refractivity (Wildman–Crippen MR) is 71.1 cm³/mol. The third-order valence-corrected chi connectivity index (χ3v) is 2.81. The summed E-state index contributed by atoms with van der Waals surface area (Å²) in [5.41, 5.74) is 8.13. The number of imidazole rings is 1. The summed E-state index contributed by atoms with van der Waals surface area (Å²) in [6.45, 7) is 2.51. The Morgan fingerprint density at radius 2 is 2.33 bits per heavy atom. The molecular weight excluding hydrogens is 228 g/mol. The lowest BCUT2D eigenvalue weighted by Crippen LogP contribution is -2.15. The van der Waals surface area contributed by atoms with E-state index < -0.39 is 0 Å². The number of aromatic nitrogens is 2. The number of nitrogens with one attached hydrogen (secondary N) is 1. The average Bonchev–Trinajstić information content (AvgIpc) is 2.86. The van der Waals surface area contributed by atoms with Crippen LogP contribution in [0.1, 0.15) is 12.0 Å². The van der Waals surface area contributed by atoms with E-state index >= 15 is 0 Å². The number of anilines is 2. The molecule has 0 bridgehead atoms.